The van der Waals surface area contributed by atoms with Gasteiger partial charge in [-0.25, -0.2) is 0 Å². The second-order valence-electron chi connectivity index (χ2n) is 5.84. The zero-order valence-corrected chi connectivity index (χ0v) is 13.3. The third-order valence-electron chi connectivity index (χ3n) is 3.94. The highest BCUT2D eigenvalue weighted by atomic mass is 32.1. The van der Waals surface area contributed by atoms with Gasteiger partial charge in [0.1, 0.15) is 0 Å². The van der Waals surface area contributed by atoms with Crippen molar-refractivity contribution in [2.24, 2.45) is 0 Å². The Bertz CT molecular complexity index is 428. The maximum Gasteiger partial charge on any atom is 0.263 e. The van der Waals surface area contributed by atoms with E-state index in [0.29, 0.717) is 13.0 Å². The van der Waals surface area contributed by atoms with Gasteiger partial charge in [-0.2, -0.15) is 0 Å². The second kappa shape index (κ2) is 7.23. The summed E-state index contributed by atoms with van der Waals surface area (Å²) < 4.78 is 0. The van der Waals surface area contributed by atoms with Crippen molar-refractivity contribution in [2.45, 2.75) is 58.0 Å². The fourth-order valence-corrected chi connectivity index (χ4v) is 3.87. The molecule has 112 valence electrons. The standard InChI is InChI=1S/C16H25NO2S/c1-12(18)9-10-17(2)16(19)15-11-13-7-5-3-4-6-8-14(13)20-15/h11-12,18H,3-10H2,1-2H3. The third-order valence-corrected chi connectivity index (χ3v) is 5.16. The lowest BCUT2D eigenvalue weighted by Crippen LogP contribution is -2.28. The van der Waals surface area contributed by atoms with Crippen molar-refractivity contribution in [3.8, 4) is 0 Å². The molecular formula is C16H25NO2S. The first-order chi connectivity index (χ1) is 9.58. The van der Waals surface area contributed by atoms with Gasteiger partial charge in [0.15, 0.2) is 0 Å². The van der Waals surface area contributed by atoms with E-state index >= 15 is 0 Å². The fourth-order valence-electron chi connectivity index (χ4n) is 2.62. The molecule has 20 heavy (non-hydrogen) atoms. The van der Waals surface area contributed by atoms with E-state index in [1.165, 1.54) is 36.1 Å². The lowest BCUT2D eigenvalue weighted by Gasteiger charge is -2.16. The van der Waals surface area contributed by atoms with Crippen LogP contribution in [0, 0.1) is 0 Å². The van der Waals surface area contributed by atoms with Gasteiger partial charge in [-0.15, -0.1) is 11.3 Å². The molecule has 1 heterocycles. The summed E-state index contributed by atoms with van der Waals surface area (Å²) in [7, 11) is 1.82. The summed E-state index contributed by atoms with van der Waals surface area (Å²) in [6.45, 7) is 2.37. The van der Waals surface area contributed by atoms with E-state index in [1.807, 2.05) is 7.05 Å². The van der Waals surface area contributed by atoms with Crippen LogP contribution < -0.4 is 0 Å². The van der Waals surface area contributed by atoms with Gasteiger partial charge in [-0.3, -0.25) is 4.79 Å². The Hall–Kier alpha value is -0.870. The molecule has 1 aromatic rings. The lowest BCUT2D eigenvalue weighted by atomic mass is 10.00. The molecule has 0 radical (unpaired) electrons. The Labute approximate surface area is 125 Å². The Balaban J connectivity index is 2.04. The Kier molecular flexibility index (Phi) is 5.61. The van der Waals surface area contributed by atoms with Crippen LogP contribution in [0.1, 0.15) is 59.1 Å². The highest BCUT2D eigenvalue weighted by Gasteiger charge is 2.18. The van der Waals surface area contributed by atoms with Crippen LogP contribution >= 0.6 is 11.3 Å². The third kappa shape index (κ3) is 4.06. The van der Waals surface area contributed by atoms with Crippen LogP contribution in [-0.4, -0.2) is 35.6 Å². The van der Waals surface area contributed by atoms with Crippen molar-refractivity contribution >= 4 is 17.2 Å². The first-order valence-corrected chi connectivity index (χ1v) is 8.44. The molecule has 1 N–H and O–H groups in total. The van der Waals surface area contributed by atoms with Crippen molar-refractivity contribution in [3.63, 3.8) is 0 Å². The Morgan fingerprint density at radius 2 is 2.05 bits per heavy atom. The van der Waals surface area contributed by atoms with Gasteiger partial charge in [-0.1, -0.05) is 12.8 Å². The van der Waals surface area contributed by atoms with Gasteiger partial charge in [-0.05, 0) is 50.7 Å². The fraction of sp³-hybridized carbons (Fsp3) is 0.688. The molecule has 4 heteroatoms. The average molecular weight is 295 g/mol. The molecule has 2 rings (SSSR count). The van der Waals surface area contributed by atoms with Crippen LogP contribution in [0.4, 0.5) is 0 Å². The smallest absolute Gasteiger partial charge is 0.263 e. The van der Waals surface area contributed by atoms with Crippen LogP contribution in [0.5, 0.6) is 0 Å². The number of aliphatic hydroxyl groups excluding tert-OH is 1. The number of rotatable bonds is 4. The molecule has 3 nitrogen and oxygen atoms in total. The largest absolute Gasteiger partial charge is 0.393 e. The molecule has 0 fully saturated rings. The minimum absolute atomic E-state index is 0.0994. The molecule has 0 aromatic carbocycles. The number of aryl methyl sites for hydroxylation is 2. The monoisotopic (exact) mass is 295 g/mol. The Morgan fingerprint density at radius 3 is 2.75 bits per heavy atom. The van der Waals surface area contributed by atoms with E-state index in [2.05, 4.69) is 6.07 Å². The van der Waals surface area contributed by atoms with Crippen molar-refractivity contribution in [1.29, 1.82) is 0 Å². The molecule has 0 spiro atoms. The lowest BCUT2D eigenvalue weighted by molar-refractivity contribution is 0.0773. The molecule has 1 atom stereocenters. The van der Waals surface area contributed by atoms with Crippen molar-refractivity contribution < 1.29 is 9.90 Å². The molecule has 1 aliphatic rings. The van der Waals surface area contributed by atoms with E-state index in [1.54, 1.807) is 23.2 Å². The molecule has 1 aromatic heterocycles. The summed E-state index contributed by atoms with van der Waals surface area (Å²) in [5.74, 6) is 0.0994. The van der Waals surface area contributed by atoms with Gasteiger partial charge in [0.25, 0.3) is 5.91 Å². The number of nitrogens with zero attached hydrogens (tertiary/aromatic N) is 1. The quantitative estimate of drug-likeness (QED) is 0.926. The Morgan fingerprint density at radius 1 is 1.35 bits per heavy atom. The van der Waals surface area contributed by atoms with Gasteiger partial charge < -0.3 is 10.0 Å². The predicted molar refractivity (Wildman–Crippen MR) is 83.5 cm³/mol. The van der Waals surface area contributed by atoms with Crippen LogP contribution in [-0.2, 0) is 12.8 Å². The van der Waals surface area contributed by atoms with E-state index in [0.717, 1.165) is 17.7 Å². The zero-order chi connectivity index (χ0) is 14.5. The number of hydrogen-bond donors (Lipinski definition) is 1. The van der Waals surface area contributed by atoms with Crippen LogP contribution in [0.15, 0.2) is 6.07 Å². The van der Waals surface area contributed by atoms with Crippen molar-refractivity contribution in [1.82, 2.24) is 4.90 Å². The summed E-state index contributed by atoms with van der Waals surface area (Å²) in [6.07, 6.45) is 7.65. The number of aliphatic hydroxyl groups is 1. The first kappa shape index (κ1) is 15.5. The number of carbonyl (C=O) groups excluding carboxylic acids is 1. The van der Waals surface area contributed by atoms with Gasteiger partial charge in [0, 0.05) is 18.5 Å². The summed E-state index contributed by atoms with van der Waals surface area (Å²) in [5, 5.41) is 9.31. The summed E-state index contributed by atoms with van der Waals surface area (Å²) in [5.41, 5.74) is 1.39. The topological polar surface area (TPSA) is 40.5 Å². The normalized spacial score (nSPS) is 16.9. The van der Waals surface area contributed by atoms with Gasteiger partial charge in [0.05, 0.1) is 11.0 Å². The molecular weight excluding hydrogens is 270 g/mol. The van der Waals surface area contributed by atoms with Crippen molar-refractivity contribution in [2.75, 3.05) is 13.6 Å². The number of carbonyl (C=O) groups is 1. The summed E-state index contributed by atoms with van der Waals surface area (Å²) in [4.78, 5) is 16.4. The zero-order valence-electron chi connectivity index (χ0n) is 12.5. The molecule has 1 unspecified atom stereocenters. The molecule has 0 bridgehead atoms. The van der Waals surface area contributed by atoms with E-state index < -0.39 is 0 Å². The number of thiophene rings is 1. The maximum absolute atomic E-state index is 12.4. The molecule has 0 aliphatic heterocycles. The van der Waals surface area contributed by atoms with Crippen LogP contribution in [0.3, 0.4) is 0 Å². The highest BCUT2D eigenvalue weighted by molar-refractivity contribution is 7.14. The average Bonchev–Trinajstić information content (AvgIpc) is 2.77. The molecule has 1 amide bonds. The van der Waals surface area contributed by atoms with E-state index in [9.17, 15) is 9.90 Å². The molecule has 0 saturated heterocycles. The number of fused-ring (bicyclic) bond motifs is 1. The summed E-state index contributed by atoms with van der Waals surface area (Å²) in [6, 6.07) is 2.10. The van der Waals surface area contributed by atoms with Gasteiger partial charge in [0.2, 0.25) is 0 Å². The van der Waals surface area contributed by atoms with Crippen LogP contribution in [0.25, 0.3) is 0 Å². The minimum Gasteiger partial charge on any atom is -0.393 e. The number of hydrogen-bond acceptors (Lipinski definition) is 3. The minimum atomic E-state index is -0.353. The predicted octanol–water partition coefficient (Wildman–Crippen LogP) is 3.25. The number of amides is 1. The molecule has 0 saturated carbocycles. The second-order valence-corrected chi connectivity index (χ2v) is 6.97. The van der Waals surface area contributed by atoms with E-state index in [-0.39, 0.29) is 12.0 Å². The van der Waals surface area contributed by atoms with Gasteiger partial charge >= 0.3 is 0 Å². The summed E-state index contributed by atoms with van der Waals surface area (Å²) >= 11 is 1.67. The van der Waals surface area contributed by atoms with Crippen LogP contribution in [0.2, 0.25) is 0 Å². The highest BCUT2D eigenvalue weighted by Crippen LogP contribution is 2.29. The SMILES string of the molecule is CC(O)CCN(C)C(=O)c1cc2c(s1)CCCCCC2. The molecule has 1 aliphatic carbocycles. The van der Waals surface area contributed by atoms with Crippen molar-refractivity contribution in [3.05, 3.63) is 21.4 Å². The van der Waals surface area contributed by atoms with E-state index in [4.69, 9.17) is 0 Å². The maximum atomic E-state index is 12.4. The first-order valence-electron chi connectivity index (χ1n) is 7.63.